The standard InChI is InChI=1S/C19H30N4O3.2ClH/c1-26-9-7-21-12-18(24)22-11-15-4-2-5-16(10-15)13-23-8-3-6-17(14-23)19(20)25;;/h2,4-5,10,17,21H,3,6-9,11-14H2,1H3,(H2,20,25)(H,22,24);2*1H. The Morgan fingerprint density at radius 2 is 2.04 bits per heavy atom. The molecule has 0 bridgehead atoms. The van der Waals surface area contributed by atoms with Crippen LogP contribution in [0.25, 0.3) is 0 Å². The second-order valence-electron chi connectivity index (χ2n) is 6.74. The number of amides is 2. The summed E-state index contributed by atoms with van der Waals surface area (Å²) in [4.78, 5) is 25.5. The van der Waals surface area contributed by atoms with Crippen LogP contribution in [0.4, 0.5) is 0 Å². The summed E-state index contributed by atoms with van der Waals surface area (Å²) in [5, 5.41) is 5.93. The minimum atomic E-state index is -0.203. The number of nitrogens with zero attached hydrogens (tertiary/aromatic N) is 1. The van der Waals surface area contributed by atoms with Crippen LogP contribution in [0, 0.1) is 5.92 Å². The summed E-state index contributed by atoms with van der Waals surface area (Å²) in [6, 6.07) is 8.19. The monoisotopic (exact) mass is 434 g/mol. The molecule has 9 heteroatoms. The molecule has 2 rings (SSSR count). The maximum atomic E-state index is 11.8. The third-order valence-corrected chi connectivity index (χ3v) is 4.56. The molecule has 1 heterocycles. The van der Waals surface area contributed by atoms with Crippen LogP contribution in [0.5, 0.6) is 0 Å². The largest absolute Gasteiger partial charge is 0.383 e. The Labute approximate surface area is 179 Å². The predicted octanol–water partition coefficient (Wildman–Crippen LogP) is 1.08. The maximum Gasteiger partial charge on any atom is 0.234 e. The Morgan fingerprint density at radius 1 is 1.29 bits per heavy atom. The fraction of sp³-hybridized carbons (Fsp3) is 0.579. The van der Waals surface area contributed by atoms with Gasteiger partial charge in [-0.15, -0.1) is 24.8 Å². The zero-order valence-electron chi connectivity index (χ0n) is 16.3. The highest BCUT2D eigenvalue weighted by atomic mass is 35.5. The van der Waals surface area contributed by atoms with E-state index >= 15 is 0 Å². The summed E-state index contributed by atoms with van der Waals surface area (Å²) >= 11 is 0. The molecule has 28 heavy (non-hydrogen) atoms. The third kappa shape index (κ3) is 9.71. The first-order valence-electron chi connectivity index (χ1n) is 9.14. The van der Waals surface area contributed by atoms with Gasteiger partial charge < -0.3 is 21.1 Å². The molecule has 2 amide bonds. The van der Waals surface area contributed by atoms with E-state index in [2.05, 4.69) is 27.7 Å². The average Bonchev–Trinajstić information content (AvgIpc) is 2.64. The van der Waals surface area contributed by atoms with E-state index in [1.807, 2.05) is 12.1 Å². The summed E-state index contributed by atoms with van der Waals surface area (Å²) in [7, 11) is 1.63. The van der Waals surface area contributed by atoms with Crippen molar-refractivity contribution in [1.82, 2.24) is 15.5 Å². The van der Waals surface area contributed by atoms with Crippen LogP contribution in [-0.4, -0.2) is 56.6 Å². The van der Waals surface area contributed by atoms with E-state index in [9.17, 15) is 9.59 Å². The Balaban J connectivity index is 0.00000364. The topological polar surface area (TPSA) is 96.7 Å². The third-order valence-electron chi connectivity index (χ3n) is 4.56. The van der Waals surface area contributed by atoms with Crippen molar-refractivity contribution in [3.05, 3.63) is 35.4 Å². The van der Waals surface area contributed by atoms with Crippen molar-refractivity contribution in [3.63, 3.8) is 0 Å². The first-order valence-corrected chi connectivity index (χ1v) is 9.14. The van der Waals surface area contributed by atoms with Crippen LogP contribution in [0.2, 0.25) is 0 Å². The van der Waals surface area contributed by atoms with E-state index in [-0.39, 0.29) is 49.1 Å². The summed E-state index contributed by atoms with van der Waals surface area (Å²) in [5.41, 5.74) is 7.69. The number of benzene rings is 1. The lowest BCUT2D eigenvalue weighted by molar-refractivity contribution is -0.123. The minimum absolute atomic E-state index is 0. The van der Waals surface area contributed by atoms with Crippen LogP contribution >= 0.6 is 24.8 Å². The smallest absolute Gasteiger partial charge is 0.234 e. The number of carbonyl (C=O) groups is 2. The quantitative estimate of drug-likeness (QED) is 0.478. The number of hydrogen-bond donors (Lipinski definition) is 3. The van der Waals surface area contributed by atoms with Gasteiger partial charge >= 0.3 is 0 Å². The van der Waals surface area contributed by atoms with Gasteiger partial charge in [-0.25, -0.2) is 0 Å². The molecule has 0 saturated carbocycles. The number of hydrogen-bond acceptors (Lipinski definition) is 5. The molecular formula is C19H32Cl2N4O3. The molecule has 1 aromatic rings. The molecule has 1 aliphatic rings. The number of methoxy groups -OCH3 is 1. The highest BCUT2D eigenvalue weighted by Gasteiger charge is 2.23. The van der Waals surface area contributed by atoms with Crippen molar-refractivity contribution in [2.75, 3.05) is 39.9 Å². The van der Waals surface area contributed by atoms with Crippen molar-refractivity contribution in [3.8, 4) is 0 Å². The minimum Gasteiger partial charge on any atom is -0.383 e. The Hall–Kier alpha value is -1.38. The number of halogens is 2. The summed E-state index contributed by atoms with van der Waals surface area (Å²) in [6.07, 6.45) is 1.88. The van der Waals surface area contributed by atoms with Gasteiger partial charge in [0.15, 0.2) is 0 Å². The van der Waals surface area contributed by atoms with Crippen LogP contribution in [0.15, 0.2) is 24.3 Å². The summed E-state index contributed by atoms with van der Waals surface area (Å²) < 4.78 is 4.92. The van der Waals surface area contributed by atoms with Crippen LogP contribution in [0.1, 0.15) is 24.0 Å². The second-order valence-corrected chi connectivity index (χ2v) is 6.74. The fourth-order valence-corrected chi connectivity index (χ4v) is 3.17. The van der Waals surface area contributed by atoms with Crippen molar-refractivity contribution in [2.24, 2.45) is 11.7 Å². The van der Waals surface area contributed by atoms with E-state index in [4.69, 9.17) is 10.5 Å². The highest BCUT2D eigenvalue weighted by Crippen LogP contribution is 2.18. The molecule has 0 aliphatic carbocycles. The van der Waals surface area contributed by atoms with Gasteiger partial charge in [-0.2, -0.15) is 0 Å². The van der Waals surface area contributed by atoms with Crippen LogP contribution in [0.3, 0.4) is 0 Å². The number of rotatable bonds is 10. The first kappa shape index (κ1) is 26.6. The molecule has 0 spiro atoms. The van der Waals surface area contributed by atoms with Gasteiger partial charge in [0.1, 0.15) is 0 Å². The molecule has 1 fully saturated rings. The molecule has 1 saturated heterocycles. The number of piperidine rings is 1. The van der Waals surface area contributed by atoms with Gasteiger partial charge in [-0.3, -0.25) is 14.5 Å². The van der Waals surface area contributed by atoms with Crippen molar-refractivity contribution in [1.29, 1.82) is 0 Å². The van der Waals surface area contributed by atoms with E-state index in [0.29, 0.717) is 19.7 Å². The Kier molecular flexibility index (Phi) is 13.9. The highest BCUT2D eigenvalue weighted by molar-refractivity contribution is 5.85. The van der Waals surface area contributed by atoms with E-state index < -0.39 is 0 Å². The second kappa shape index (κ2) is 14.6. The van der Waals surface area contributed by atoms with E-state index in [1.165, 1.54) is 5.56 Å². The zero-order valence-corrected chi connectivity index (χ0v) is 17.9. The molecule has 0 aromatic heterocycles. The van der Waals surface area contributed by atoms with Crippen LogP contribution < -0.4 is 16.4 Å². The summed E-state index contributed by atoms with van der Waals surface area (Å²) in [6.45, 7) is 4.53. The van der Waals surface area contributed by atoms with Gasteiger partial charge in [0.05, 0.1) is 19.1 Å². The molecule has 1 aromatic carbocycles. The zero-order chi connectivity index (χ0) is 18.8. The molecule has 7 nitrogen and oxygen atoms in total. The Morgan fingerprint density at radius 3 is 2.75 bits per heavy atom. The number of carbonyl (C=O) groups excluding carboxylic acids is 2. The number of primary amides is 1. The molecule has 4 N–H and O–H groups in total. The van der Waals surface area contributed by atoms with Crippen LogP contribution in [-0.2, 0) is 27.4 Å². The molecule has 1 atom stereocenters. The number of nitrogens with two attached hydrogens (primary N) is 1. The van der Waals surface area contributed by atoms with Gasteiger partial charge in [0.25, 0.3) is 0 Å². The maximum absolute atomic E-state index is 11.8. The van der Waals surface area contributed by atoms with Crippen molar-refractivity contribution in [2.45, 2.75) is 25.9 Å². The van der Waals surface area contributed by atoms with Crippen molar-refractivity contribution >= 4 is 36.6 Å². The lowest BCUT2D eigenvalue weighted by Gasteiger charge is -2.31. The van der Waals surface area contributed by atoms with Crippen molar-refractivity contribution < 1.29 is 14.3 Å². The number of nitrogens with one attached hydrogen (secondary N) is 2. The molecule has 1 aliphatic heterocycles. The SMILES string of the molecule is COCCNCC(=O)NCc1cccc(CN2CCCC(C(N)=O)C2)c1.Cl.Cl. The fourth-order valence-electron chi connectivity index (χ4n) is 3.17. The van der Waals surface area contributed by atoms with E-state index in [1.54, 1.807) is 7.11 Å². The van der Waals surface area contributed by atoms with E-state index in [0.717, 1.165) is 38.0 Å². The summed E-state index contributed by atoms with van der Waals surface area (Å²) in [5.74, 6) is -0.283. The van der Waals surface area contributed by atoms with Gasteiger partial charge in [0.2, 0.25) is 11.8 Å². The lowest BCUT2D eigenvalue weighted by Crippen LogP contribution is -2.40. The average molecular weight is 435 g/mol. The molecule has 160 valence electrons. The molecular weight excluding hydrogens is 403 g/mol. The van der Waals surface area contributed by atoms with Gasteiger partial charge in [0, 0.05) is 33.3 Å². The molecule has 1 unspecified atom stereocenters. The number of ether oxygens (including phenoxy) is 1. The lowest BCUT2D eigenvalue weighted by atomic mass is 9.97. The van der Waals surface area contributed by atoms with Gasteiger partial charge in [-0.1, -0.05) is 24.3 Å². The predicted molar refractivity (Wildman–Crippen MR) is 115 cm³/mol. The van der Waals surface area contributed by atoms with Gasteiger partial charge in [-0.05, 0) is 30.5 Å². The normalized spacial score (nSPS) is 16.5. The molecule has 0 radical (unpaired) electrons. The number of likely N-dealkylation sites (tertiary alicyclic amines) is 1. The Bertz CT molecular complexity index is 604. The first-order chi connectivity index (χ1) is 12.6.